The van der Waals surface area contributed by atoms with Crippen molar-refractivity contribution < 1.29 is 13.2 Å². The second kappa shape index (κ2) is 6.47. The molecule has 0 fully saturated rings. The van der Waals surface area contributed by atoms with Crippen LogP contribution in [0.4, 0.5) is 13.2 Å². The summed E-state index contributed by atoms with van der Waals surface area (Å²) in [6.45, 7) is -0.546. The van der Waals surface area contributed by atoms with Gasteiger partial charge in [0, 0.05) is 24.0 Å². The first-order valence-electron chi connectivity index (χ1n) is 5.00. The molecular formula is C11H12Cl2F3N. The molecule has 0 amide bonds. The van der Waals surface area contributed by atoms with Gasteiger partial charge in [0.25, 0.3) is 0 Å². The third-order valence-electron chi connectivity index (χ3n) is 2.12. The fourth-order valence-electron chi connectivity index (χ4n) is 1.44. The van der Waals surface area contributed by atoms with Gasteiger partial charge in [-0.2, -0.15) is 13.2 Å². The van der Waals surface area contributed by atoms with Crippen LogP contribution in [-0.2, 0) is 6.54 Å². The van der Waals surface area contributed by atoms with Gasteiger partial charge in [-0.25, -0.2) is 0 Å². The van der Waals surface area contributed by atoms with E-state index in [1.165, 1.54) is 4.90 Å². The van der Waals surface area contributed by atoms with Gasteiger partial charge in [-0.15, -0.1) is 11.6 Å². The van der Waals surface area contributed by atoms with Gasteiger partial charge in [-0.05, 0) is 17.7 Å². The molecule has 1 rings (SSSR count). The van der Waals surface area contributed by atoms with E-state index in [0.717, 1.165) is 5.56 Å². The lowest BCUT2D eigenvalue weighted by atomic mass is 10.2. The van der Waals surface area contributed by atoms with Gasteiger partial charge < -0.3 is 0 Å². The zero-order chi connectivity index (χ0) is 12.9. The summed E-state index contributed by atoms with van der Waals surface area (Å²) in [5.41, 5.74) is 0.781. The molecule has 0 unspecified atom stereocenters. The summed E-state index contributed by atoms with van der Waals surface area (Å²) < 4.78 is 36.9. The Kier molecular flexibility index (Phi) is 5.56. The molecule has 0 saturated heterocycles. The SMILES string of the molecule is FC(F)(F)CN(CCCl)Cc1ccc(Cl)cc1. The maximum Gasteiger partial charge on any atom is 0.401 e. The van der Waals surface area contributed by atoms with Crippen molar-refractivity contribution in [2.45, 2.75) is 12.7 Å². The Hall–Kier alpha value is -0.450. The predicted octanol–water partition coefficient (Wildman–Crippen LogP) is 3.94. The Balaban J connectivity index is 2.63. The summed E-state index contributed by atoms with van der Waals surface area (Å²) in [5, 5.41) is 0.563. The van der Waals surface area contributed by atoms with Crippen LogP contribution in [0.15, 0.2) is 24.3 Å². The fraction of sp³-hybridized carbons (Fsp3) is 0.455. The van der Waals surface area contributed by atoms with Crippen molar-refractivity contribution in [3.8, 4) is 0 Å². The highest BCUT2D eigenvalue weighted by atomic mass is 35.5. The van der Waals surface area contributed by atoms with Crippen LogP contribution >= 0.6 is 23.2 Å². The standard InChI is InChI=1S/C11H12Cl2F3N/c12-5-6-17(8-11(14,15)16)7-9-1-3-10(13)4-2-9/h1-4H,5-8H2. The monoisotopic (exact) mass is 285 g/mol. The second-order valence-corrected chi connectivity index (χ2v) is 4.46. The number of rotatable bonds is 5. The van der Waals surface area contributed by atoms with Crippen molar-refractivity contribution in [1.82, 2.24) is 4.90 Å². The van der Waals surface area contributed by atoms with E-state index >= 15 is 0 Å². The van der Waals surface area contributed by atoms with Crippen LogP contribution in [-0.4, -0.2) is 30.0 Å². The van der Waals surface area contributed by atoms with Gasteiger partial charge in [0.2, 0.25) is 0 Å². The average molecular weight is 286 g/mol. The van der Waals surface area contributed by atoms with Gasteiger partial charge >= 0.3 is 6.18 Å². The zero-order valence-corrected chi connectivity index (χ0v) is 10.5. The van der Waals surface area contributed by atoms with Crippen LogP contribution in [0.5, 0.6) is 0 Å². The quantitative estimate of drug-likeness (QED) is 0.741. The molecule has 6 heteroatoms. The lowest BCUT2D eigenvalue weighted by Gasteiger charge is -2.22. The van der Waals surface area contributed by atoms with E-state index in [1.54, 1.807) is 24.3 Å². The summed E-state index contributed by atoms with van der Waals surface area (Å²) in [4.78, 5) is 1.26. The number of hydrogen-bond acceptors (Lipinski definition) is 1. The lowest BCUT2D eigenvalue weighted by molar-refractivity contribution is -0.146. The van der Waals surface area contributed by atoms with Crippen molar-refractivity contribution in [3.05, 3.63) is 34.9 Å². The third-order valence-corrected chi connectivity index (χ3v) is 2.54. The molecular weight excluding hydrogens is 274 g/mol. The molecule has 0 heterocycles. The van der Waals surface area contributed by atoms with E-state index in [9.17, 15) is 13.2 Å². The zero-order valence-electron chi connectivity index (χ0n) is 8.97. The molecule has 0 spiro atoms. The molecule has 1 aromatic carbocycles. The Morgan fingerprint density at radius 2 is 1.71 bits per heavy atom. The van der Waals surface area contributed by atoms with Crippen molar-refractivity contribution in [3.63, 3.8) is 0 Å². The minimum absolute atomic E-state index is 0.170. The van der Waals surface area contributed by atoms with E-state index in [-0.39, 0.29) is 19.0 Å². The normalized spacial score (nSPS) is 12.1. The van der Waals surface area contributed by atoms with Gasteiger partial charge in [0.05, 0.1) is 6.54 Å². The Morgan fingerprint density at radius 3 is 2.18 bits per heavy atom. The van der Waals surface area contributed by atoms with E-state index in [1.807, 2.05) is 0 Å². The molecule has 0 aromatic heterocycles. The van der Waals surface area contributed by atoms with Gasteiger partial charge in [0.15, 0.2) is 0 Å². The molecule has 0 aliphatic carbocycles. The Morgan fingerprint density at radius 1 is 1.12 bits per heavy atom. The summed E-state index contributed by atoms with van der Waals surface area (Å²) in [6.07, 6.45) is -4.21. The minimum atomic E-state index is -4.21. The van der Waals surface area contributed by atoms with E-state index in [0.29, 0.717) is 5.02 Å². The van der Waals surface area contributed by atoms with Crippen molar-refractivity contribution >= 4 is 23.2 Å². The molecule has 96 valence electrons. The topological polar surface area (TPSA) is 3.24 Å². The van der Waals surface area contributed by atoms with Gasteiger partial charge in [-0.3, -0.25) is 4.90 Å². The smallest absolute Gasteiger partial charge is 0.290 e. The number of alkyl halides is 4. The number of hydrogen-bond donors (Lipinski definition) is 0. The van der Waals surface area contributed by atoms with Crippen molar-refractivity contribution in [2.75, 3.05) is 19.0 Å². The lowest BCUT2D eigenvalue weighted by Crippen LogP contribution is -2.35. The molecule has 0 radical (unpaired) electrons. The van der Waals surface area contributed by atoms with Crippen LogP contribution < -0.4 is 0 Å². The van der Waals surface area contributed by atoms with Crippen LogP contribution in [0.2, 0.25) is 5.02 Å². The molecule has 0 aliphatic rings. The first kappa shape index (κ1) is 14.6. The van der Waals surface area contributed by atoms with Crippen molar-refractivity contribution in [1.29, 1.82) is 0 Å². The van der Waals surface area contributed by atoms with Crippen LogP contribution in [0.3, 0.4) is 0 Å². The largest absolute Gasteiger partial charge is 0.401 e. The number of halogens is 5. The highest BCUT2D eigenvalue weighted by molar-refractivity contribution is 6.30. The van der Waals surface area contributed by atoms with E-state index in [2.05, 4.69) is 0 Å². The highest BCUT2D eigenvalue weighted by Crippen LogP contribution is 2.18. The molecule has 0 N–H and O–H groups in total. The van der Waals surface area contributed by atoms with Crippen LogP contribution in [0.1, 0.15) is 5.56 Å². The summed E-state index contributed by atoms with van der Waals surface area (Å²) in [7, 11) is 0. The molecule has 0 atom stereocenters. The molecule has 0 bridgehead atoms. The van der Waals surface area contributed by atoms with E-state index < -0.39 is 12.7 Å². The predicted molar refractivity (Wildman–Crippen MR) is 63.5 cm³/mol. The maximum atomic E-state index is 12.3. The maximum absolute atomic E-state index is 12.3. The van der Waals surface area contributed by atoms with Crippen LogP contribution in [0, 0.1) is 0 Å². The van der Waals surface area contributed by atoms with Gasteiger partial charge in [0.1, 0.15) is 0 Å². The second-order valence-electron chi connectivity index (χ2n) is 3.64. The highest BCUT2D eigenvalue weighted by Gasteiger charge is 2.30. The third kappa shape index (κ3) is 6.15. The van der Waals surface area contributed by atoms with Crippen LogP contribution in [0.25, 0.3) is 0 Å². The fourth-order valence-corrected chi connectivity index (χ4v) is 1.80. The first-order valence-corrected chi connectivity index (χ1v) is 5.91. The number of nitrogens with zero attached hydrogens (tertiary/aromatic N) is 1. The Bertz CT molecular complexity index is 338. The molecule has 1 nitrogen and oxygen atoms in total. The number of benzene rings is 1. The van der Waals surface area contributed by atoms with E-state index in [4.69, 9.17) is 23.2 Å². The molecule has 0 saturated carbocycles. The molecule has 0 aliphatic heterocycles. The minimum Gasteiger partial charge on any atom is -0.290 e. The summed E-state index contributed by atoms with van der Waals surface area (Å²) in [6, 6.07) is 6.73. The summed E-state index contributed by atoms with van der Waals surface area (Å²) in [5.74, 6) is 0.170. The van der Waals surface area contributed by atoms with Gasteiger partial charge in [-0.1, -0.05) is 23.7 Å². The first-order chi connectivity index (χ1) is 7.90. The molecule has 17 heavy (non-hydrogen) atoms. The van der Waals surface area contributed by atoms with Crippen molar-refractivity contribution in [2.24, 2.45) is 0 Å². The molecule has 1 aromatic rings. The Labute approximate surface area is 108 Å². The average Bonchev–Trinajstić information content (AvgIpc) is 2.19. The summed E-state index contributed by atoms with van der Waals surface area (Å²) >= 11 is 11.2.